The summed E-state index contributed by atoms with van der Waals surface area (Å²) in [5.74, 6) is 0. The van der Waals surface area contributed by atoms with Crippen LogP contribution < -0.4 is 0 Å². The molecule has 0 aliphatic carbocycles. The highest BCUT2D eigenvalue weighted by Gasteiger charge is 2.07. The van der Waals surface area contributed by atoms with Gasteiger partial charge in [0.2, 0.25) is 0 Å². The van der Waals surface area contributed by atoms with E-state index in [9.17, 15) is 9.90 Å². The number of carbonyl (C=O) groups is 1. The van der Waals surface area contributed by atoms with E-state index in [1.165, 1.54) is 0 Å². The second kappa shape index (κ2) is 8.03. The van der Waals surface area contributed by atoms with E-state index in [1.54, 1.807) is 0 Å². The van der Waals surface area contributed by atoms with Crippen LogP contribution in [-0.4, -0.2) is 18.0 Å². The molecule has 0 saturated carbocycles. The lowest BCUT2D eigenvalue weighted by atomic mass is 9.97. The quantitative estimate of drug-likeness (QED) is 0.282. The zero-order chi connectivity index (χ0) is 19.3. The maximum atomic E-state index is 11.9. The number of benzene rings is 4. The Balaban J connectivity index is 1.84. The lowest BCUT2D eigenvalue weighted by molar-refractivity contribution is -0.104. The van der Waals surface area contributed by atoms with E-state index in [1.807, 2.05) is 84.9 Å². The zero-order valence-corrected chi connectivity index (χ0v) is 15.4. The predicted molar refractivity (Wildman–Crippen MR) is 117 cm³/mol. The van der Waals surface area contributed by atoms with Crippen molar-refractivity contribution >= 4 is 40.0 Å². The van der Waals surface area contributed by atoms with Crippen molar-refractivity contribution in [2.75, 3.05) is 6.61 Å². The van der Waals surface area contributed by atoms with E-state index in [0.717, 1.165) is 39.0 Å². The molecule has 0 bridgehead atoms. The first-order valence-electron chi connectivity index (χ1n) is 9.24. The molecule has 0 spiro atoms. The minimum atomic E-state index is -0.210. The van der Waals surface area contributed by atoms with E-state index in [0.29, 0.717) is 11.1 Å². The molecule has 28 heavy (non-hydrogen) atoms. The van der Waals surface area contributed by atoms with E-state index >= 15 is 0 Å². The Hall–Kier alpha value is -3.49. The van der Waals surface area contributed by atoms with Crippen molar-refractivity contribution in [2.24, 2.45) is 0 Å². The zero-order valence-electron chi connectivity index (χ0n) is 15.4. The Bertz CT molecular complexity index is 1200. The van der Waals surface area contributed by atoms with Crippen molar-refractivity contribution in [3.8, 4) is 0 Å². The van der Waals surface area contributed by atoms with Gasteiger partial charge in [0, 0.05) is 5.57 Å². The molecular weight excluding hydrogens is 344 g/mol. The molecule has 2 nitrogen and oxygen atoms in total. The molecule has 0 aromatic heterocycles. The van der Waals surface area contributed by atoms with Crippen LogP contribution in [0.5, 0.6) is 0 Å². The maximum absolute atomic E-state index is 11.9. The first-order chi connectivity index (χ1) is 13.8. The third-order valence-corrected chi connectivity index (χ3v) is 4.96. The van der Waals surface area contributed by atoms with Gasteiger partial charge in [-0.3, -0.25) is 4.79 Å². The average Bonchev–Trinajstić information content (AvgIpc) is 2.76. The molecule has 0 aliphatic heterocycles. The number of aliphatic hydroxyl groups excluding tert-OH is 1. The van der Waals surface area contributed by atoms with Gasteiger partial charge in [-0.15, -0.1) is 0 Å². The summed E-state index contributed by atoms with van der Waals surface area (Å²) in [5, 5.41) is 14.4. The summed E-state index contributed by atoms with van der Waals surface area (Å²) in [6.07, 6.45) is 4.56. The molecule has 4 rings (SSSR count). The molecular formula is C26H20O2. The highest BCUT2D eigenvalue weighted by Crippen LogP contribution is 2.25. The van der Waals surface area contributed by atoms with Gasteiger partial charge in [0.25, 0.3) is 0 Å². The fourth-order valence-electron chi connectivity index (χ4n) is 3.53. The molecule has 0 saturated heterocycles. The number of hydrogen-bond donors (Lipinski definition) is 1. The molecule has 0 unspecified atom stereocenters. The molecule has 0 amide bonds. The van der Waals surface area contributed by atoms with Crippen LogP contribution in [0.1, 0.15) is 11.1 Å². The average molecular weight is 364 g/mol. The molecule has 0 heterocycles. The lowest BCUT2D eigenvalue weighted by Crippen LogP contribution is -1.97. The smallest absolute Gasteiger partial charge is 0.150 e. The van der Waals surface area contributed by atoms with Gasteiger partial charge >= 0.3 is 0 Å². The van der Waals surface area contributed by atoms with Crippen molar-refractivity contribution in [3.05, 3.63) is 107 Å². The van der Waals surface area contributed by atoms with E-state index in [4.69, 9.17) is 0 Å². The summed E-state index contributed by atoms with van der Waals surface area (Å²) >= 11 is 0. The minimum Gasteiger partial charge on any atom is -0.392 e. The van der Waals surface area contributed by atoms with Crippen LogP contribution in [0.2, 0.25) is 0 Å². The second-order valence-electron chi connectivity index (χ2n) is 6.68. The van der Waals surface area contributed by atoms with Gasteiger partial charge in [0.1, 0.15) is 6.29 Å². The molecule has 0 atom stereocenters. The fourth-order valence-corrected chi connectivity index (χ4v) is 3.53. The van der Waals surface area contributed by atoms with E-state index < -0.39 is 0 Å². The van der Waals surface area contributed by atoms with Crippen molar-refractivity contribution in [1.82, 2.24) is 0 Å². The molecule has 136 valence electrons. The highest BCUT2D eigenvalue weighted by atomic mass is 16.3. The maximum Gasteiger partial charge on any atom is 0.150 e. The third kappa shape index (κ3) is 3.51. The summed E-state index contributed by atoms with van der Waals surface area (Å²) in [6.45, 7) is -0.210. The molecule has 2 heteroatoms. The number of carbonyl (C=O) groups excluding carboxylic acids is 1. The number of hydrogen-bond acceptors (Lipinski definition) is 2. The Morgan fingerprint density at radius 2 is 1.18 bits per heavy atom. The second-order valence-corrected chi connectivity index (χ2v) is 6.68. The third-order valence-electron chi connectivity index (χ3n) is 4.96. The Labute approximate surface area is 164 Å². The van der Waals surface area contributed by atoms with Crippen LogP contribution in [0.25, 0.3) is 33.7 Å². The van der Waals surface area contributed by atoms with Gasteiger partial charge in [-0.2, -0.15) is 0 Å². The number of aliphatic hydroxyl groups is 1. The standard InChI is InChI=1S/C26H20O2/c27-17-23(15-21-11-5-9-19-7-1-3-13-25(19)21)24(18-28)16-22-12-6-10-20-8-2-4-14-26(20)22/h1-17,28H,18H2/b23-15+,24-16+. The van der Waals surface area contributed by atoms with Crippen molar-refractivity contribution < 1.29 is 9.90 Å². The Morgan fingerprint density at radius 1 is 0.679 bits per heavy atom. The summed E-state index contributed by atoms with van der Waals surface area (Å²) in [6, 6.07) is 28.2. The van der Waals surface area contributed by atoms with Crippen LogP contribution in [0.4, 0.5) is 0 Å². The summed E-state index contributed by atoms with van der Waals surface area (Å²) < 4.78 is 0. The first kappa shape index (κ1) is 17.9. The van der Waals surface area contributed by atoms with Crippen LogP contribution in [0.3, 0.4) is 0 Å². The fraction of sp³-hybridized carbons (Fsp3) is 0.0385. The molecule has 0 radical (unpaired) electrons. The predicted octanol–water partition coefficient (Wildman–Crippen LogP) is 5.65. The monoisotopic (exact) mass is 364 g/mol. The van der Waals surface area contributed by atoms with Crippen LogP contribution in [0, 0.1) is 0 Å². The summed E-state index contributed by atoms with van der Waals surface area (Å²) in [5.41, 5.74) is 3.01. The van der Waals surface area contributed by atoms with Gasteiger partial charge in [0.15, 0.2) is 0 Å². The van der Waals surface area contributed by atoms with Crippen LogP contribution >= 0.6 is 0 Å². The topological polar surface area (TPSA) is 37.3 Å². The SMILES string of the molecule is O=CC(=C\c1cccc2ccccc12)/C(=C/c1cccc2ccccc12)CO. The van der Waals surface area contributed by atoms with Gasteiger partial charge < -0.3 is 5.11 Å². The molecule has 4 aromatic rings. The molecule has 0 fully saturated rings. The number of fused-ring (bicyclic) bond motifs is 2. The van der Waals surface area contributed by atoms with E-state index in [-0.39, 0.29) is 6.61 Å². The minimum absolute atomic E-state index is 0.210. The summed E-state index contributed by atoms with van der Waals surface area (Å²) in [7, 11) is 0. The molecule has 4 aromatic carbocycles. The number of aldehydes is 1. The Kier molecular flexibility index (Phi) is 5.14. The van der Waals surface area contributed by atoms with E-state index in [2.05, 4.69) is 12.1 Å². The van der Waals surface area contributed by atoms with Gasteiger partial charge in [0.05, 0.1) is 6.61 Å². The van der Waals surface area contributed by atoms with Crippen LogP contribution in [0.15, 0.2) is 96.1 Å². The number of rotatable bonds is 5. The summed E-state index contributed by atoms with van der Waals surface area (Å²) in [4.78, 5) is 11.9. The molecule has 0 aliphatic rings. The highest BCUT2D eigenvalue weighted by molar-refractivity contribution is 5.98. The van der Waals surface area contributed by atoms with Crippen molar-refractivity contribution in [1.29, 1.82) is 0 Å². The normalized spacial score (nSPS) is 12.5. The van der Waals surface area contributed by atoms with Crippen molar-refractivity contribution in [2.45, 2.75) is 0 Å². The van der Waals surface area contributed by atoms with Gasteiger partial charge in [-0.05, 0) is 50.4 Å². The van der Waals surface area contributed by atoms with Gasteiger partial charge in [-0.25, -0.2) is 0 Å². The van der Waals surface area contributed by atoms with Gasteiger partial charge in [-0.1, -0.05) is 84.9 Å². The lowest BCUT2D eigenvalue weighted by Gasteiger charge is -2.08. The van der Waals surface area contributed by atoms with Crippen molar-refractivity contribution in [3.63, 3.8) is 0 Å². The van der Waals surface area contributed by atoms with Crippen LogP contribution in [-0.2, 0) is 4.79 Å². The largest absolute Gasteiger partial charge is 0.392 e. The molecule has 1 N–H and O–H groups in total. The Morgan fingerprint density at radius 3 is 1.71 bits per heavy atom. The first-order valence-corrected chi connectivity index (χ1v) is 9.24.